The summed E-state index contributed by atoms with van der Waals surface area (Å²) in [6.45, 7) is 1.89. The van der Waals surface area contributed by atoms with Crippen LogP contribution in [-0.4, -0.2) is 43.6 Å². The molecule has 0 spiro atoms. The summed E-state index contributed by atoms with van der Waals surface area (Å²) >= 11 is 5.99. The molecule has 8 heteroatoms. The number of likely N-dealkylation sites (N-methyl/N-ethyl adjacent to an activating group) is 1. The Morgan fingerprint density at radius 1 is 1.12 bits per heavy atom. The summed E-state index contributed by atoms with van der Waals surface area (Å²) in [6, 6.07) is 11.6. The second kappa shape index (κ2) is 8.04. The van der Waals surface area contributed by atoms with Gasteiger partial charge in [0.15, 0.2) is 0 Å². The van der Waals surface area contributed by atoms with E-state index >= 15 is 0 Å². The SMILES string of the molecule is C[N+](C)(C)CCNc1ccc(N=Nc2ccc([N+](=O)[O-])cc2Cl)cc1. The fraction of sp³-hybridized carbons (Fsp3) is 0.294. The van der Waals surface area contributed by atoms with Crippen molar-refractivity contribution < 1.29 is 9.41 Å². The lowest BCUT2D eigenvalue weighted by Gasteiger charge is -2.24. The first kappa shape index (κ1) is 18.8. The van der Waals surface area contributed by atoms with E-state index in [4.69, 9.17) is 11.6 Å². The average molecular weight is 363 g/mol. The monoisotopic (exact) mass is 362 g/mol. The fourth-order valence-corrected chi connectivity index (χ4v) is 2.20. The van der Waals surface area contributed by atoms with Gasteiger partial charge in [0, 0.05) is 17.8 Å². The van der Waals surface area contributed by atoms with E-state index < -0.39 is 4.92 Å². The van der Waals surface area contributed by atoms with Crippen molar-refractivity contribution in [3.8, 4) is 0 Å². The van der Waals surface area contributed by atoms with E-state index in [1.54, 1.807) is 0 Å². The predicted octanol–water partition coefficient (Wildman–Crippen LogP) is 4.78. The Hall–Kier alpha value is -2.51. The minimum absolute atomic E-state index is 0.0757. The number of hydrogen-bond donors (Lipinski definition) is 1. The predicted molar refractivity (Wildman–Crippen MR) is 100 cm³/mol. The van der Waals surface area contributed by atoms with Crippen molar-refractivity contribution in [3.63, 3.8) is 0 Å². The Kier molecular flexibility index (Phi) is 6.06. The second-order valence-corrected chi connectivity index (χ2v) is 6.99. The van der Waals surface area contributed by atoms with Gasteiger partial charge < -0.3 is 9.80 Å². The molecule has 0 aromatic heterocycles. The van der Waals surface area contributed by atoms with Crippen LogP contribution in [-0.2, 0) is 0 Å². The molecule has 2 aromatic carbocycles. The van der Waals surface area contributed by atoms with E-state index in [9.17, 15) is 10.1 Å². The van der Waals surface area contributed by atoms with Crippen molar-refractivity contribution in [2.45, 2.75) is 0 Å². The van der Waals surface area contributed by atoms with E-state index in [-0.39, 0.29) is 10.7 Å². The number of nitro benzene ring substituents is 1. The van der Waals surface area contributed by atoms with Gasteiger partial charge in [-0.15, -0.1) is 5.11 Å². The van der Waals surface area contributed by atoms with Gasteiger partial charge in [-0.05, 0) is 30.3 Å². The summed E-state index contributed by atoms with van der Waals surface area (Å²) in [4.78, 5) is 10.2. The number of rotatable bonds is 7. The maximum absolute atomic E-state index is 10.7. The lowest BCUT2D eigenvalue weighted by molar-refractivity contribution is -0.868. The highest BCUT2D eigenvalue weighted by Crippen LogP contribution is 2.30. The maximum Gasteiger partial charge on any atom is 0.271 e. The summed E-state index contributed by atoms with van der Waals surface area (Å²) in [5, 5.41) is 22.4. The van der Waals surface area contributed by atoms with E-state index in [2.05, 4.69) is 36.7 Å². The van der Waals surface area contributed by atoms with Crippen LogP contribution < -0.4 is 5.32 Å². The molecule has 0 saturated heterocycles. The van der Waals surface area contributed by atoms with Crippen LogP contribution in [0.5, 0.6) is 0 Å². The Bertz CT molecular complexity index is 770. The van der Waals surface area contributed by atoms with Crippen LogP contribution >= 0.6 is 11.6 Å². The molecule has 7 nitrogen and oxygen atoms in total. The number of anilines is 1. The molecular formula is C17H21ClN5O2+. The molecule has 2 aromatic rings. The van der Waals surface area contributed by atoms with Crippen LogP contribution in [0.25, 0.3) is 0 Å². The largest absolute Gasteiger partial charge is 0.379 e. The average Bonchev–Trinajstić information content (AvgIpc) is 2.53. The highest BCUT2D eigenvalue weighted by molar-refractivity contribution is 6.33. The number of nitro groups is 1. The Balaban J connectivity index is 1.99. The number of quaternary nitrogens is 1. The van der Waals surface area contributed by atoms with Gasteiger partial charge in [-0.25, -0.2) is 0 Å². The molecule has 0 atom stereocenters. The summed E-state index contributed by atoms with van der Waals surface area (Å²) in [5.74, 6) is 0. The number of non-ortho nitro benzene ring substituents is 1. The van der Waals surface area contributed by atoms with Crippen LogP contribution in [0.15, 0.2) is 52.7 Å². The summed E-state index contributed by atoms with van der Waals surface area (Å²) in [5.41, 5.74) is 2.00. The topological polar surface area (TPSA) is 79.9 Å². The second-order valence-electron chi connectivity index (χ2n) is 6.58. The smallest absolute Gasteiger partial charge is 0.271 e. The molecule has 0 aliphatic rings. The van der Waals surface area contributed by atoms with Gasteiger partial charge in [0.2, 0.25) is 0 Å². The molecule has 0 bridgehead atoms. The number of azo groups is 1. The van der Waals surface area contributed by atoms with Gasteiger partial charge in [0.05, 0.1) is 49.9 Å². The van der Waals surface area contributed by atoms with Gasteiger partial charge >= 0.3 is 0 Å². The van der Waals surface area contributed by atoms with E-state index in [1.165, 1.54) is 18.2 Å². The van der Waals surface area contributed by atoms with Gasteiger partial charge in [-0.2, -0.15) is 5.11 Å². The van der Waals surface area contributed by atoms with Gasteiger partial charge in [-0.1, -0.05) is 11.6 Å². The summed E-state index contributed by atoms with van der Waals surface area (Å²) in [6.07, 6.45) is 0. The summed E-state index contributed by atoms with van der Waals surface area (Å²) in [7, 11) is 6.44. The van der Waals surface area contributed by atoms with E-state index in [1.807, 2.05) is 24.3 Å². The zero-order valence-corrected chi connectivity index (χ0v) is 15.2. The number of benzene rings is 2. The van der Waals surface area contributed by atoms with Crippen molar-refractivity contribution in [2.24, 2.45) is 10.2 Å². The van der Waals surface area contributed by atoms with Gasteiger partial charge in [0.25, 0.3) is 5.69 Å². The Labute approximate surface area is 151 Å². The fourth-order valence-electron chi connectivity index (χ4n) is 1.98. The molecule has 0 unspecified atom stereocenters. The van der Waals surface area contributed by atoms with Gasteiger partial charge in [-0.3, -0.25) is 10.1 Å². The summed E-state index contributed by atoms with van der Waals surface area (Å²) < 4.78 is 0.898. The van der Waals surface area contributed by atoms with Gasteiger partial charge in [0.1, 0.15) is 5.69 Å². The standard InChI is InChI=1S/C17H21ClN5O2/c1-23(2,3)11-10-19-13-4-6-14(7-5-13)20-21-17-9-8-15(22(24)25)12-16(17)18/h4-9,12,19H,10-11H2,1-3H3/q+1. The quantitative estimate of drug-likeness (QED) is 0.333. The third-order valence-corrected chi connectivity index (χ3v) is 3.70. The molecule has 0 fully saturated rings. The molecule has 0 amide bonds. The molecule has 0 radical (unpaired) electrons. The molecule has 25 heavy (non-hydrogen) atoms. The number of hydrogen-bond acceptors (Lipinski definition) is 5. The third kappa shape index (κ3) is 6.13. The van der Waals surface area contributed by atoms with Crippen LogP contribution in [0.1, 0.15) is 0 Å². The molecule has 0 aliphatic heterocycles. The van der Waals surface area contributed by atoms with Crippen molar-refractivity contribution >= 4 is 34.4 Å². The number of nitrogens with zero attached hydrogens (tertiary/aromatic N) is 4. The van der Waals surface area contributed by atoms with Crippen molar-refractivity contribution in [1.29, 1.82) is 0 Å². The van der Waals surface area contributed by atoms with Crippen molar-refractivity contribution in [2.75, 3.05) is 39.5 Å². The van der Waals surface area contributed by atoms with Crippen molar-refractivity contribution in [3.05, 3.63) is 57.6 Å². The van der Waals surface area contributed by atoms with Crippen LogP contribution in [0, 0.1) is 10.1 Å². The third-order valence-electron chi connectivity index (χ3n) is 3.39. The van der Waals surface area contributed by atoms with Crippen LogP contribution in [0.2, 0.25) is 5.02 Å². The van der Waals surface area contributed by atoms with Crippen molar-refractivity contribution in [1.82, 2.24) is 0 Å². The molecule has 0 aliphatic carbocycles. The normalized spacial score (nSPS) is 11.7. The Morgan fingerprint density at radius 2 is 1.80 bits per heavy atom. The Morgan fingerprint density at radius 3 is 2.36 bits per heavy atom. The number of nitrogens with one attached hydrogen (secondary N) is 1. The van der Waals surface area contributed by atoms with E-state index in [0.29, 0.717) is 11.4 Å². The molecule has 0 saturated carbocycles. The van der Waals surface area contributed by atoms with E-state index in [0.717, 1.165) is 23.3 Å². The lowest BCUT2D eigenvalue weighted by Crippen LogP contribution is -2.38. The minimum Gasteiger partial charge on any atom is -0.379 e. The van der Waals surface area contributed by atoms with Crippen LogP contribution in [0.4, 0.5) is 22.7 Å². The minimum atomic E-state index is -0.503. The first-order valence-corrected chi connectivity index (χ1v) is 8.12. The molecule has 2 rings (SSSR count). The maximum atomic E-state index is 10.7. The first-order chi connectivity index (χ1) is 11.7. The van der Waals surface area contributed by atoms with Crippen LogP contribution in [0.3, 0.4) is 0 Å². The molecule has 0 heterocycles. The zero-order chi connectivity index (χ0) is 18.4. The highest BCUT2D eigenvalue weighted by atomic mass is 35.5. The lowest BCUT2D eigenvalue weighted by atomic mass is 10.3. The molecular weight excluding hydrogens is 342 g/mol. The first-order valence-electron chi connectivity index (χ1n) is 7.75. The zero-order valence-electron chi connectivity index (χ0n) is 14.4. The molecule has 132 valence electrons. The molecule has 1 N–H and O–H groups in total. The number of halogens is 1. The highest BCUT2D eigenvalue weighted by Gasteiger charge is 2.09.